The van der Waals surface area contributed by atoms with Crippen molar-refractivity contribution in [3.63, 3.8) is 0 Å². The molecule has 0 saturated heterocycles. The zero-order valence-electron chi connectivity index (χ0n) is 9.68. The number of halogens is 1. The SMILES string of the molecule is Cc1[nH]cc(CCc2cccc(F)c2)c1C. The van der Waals surface area contributed by atoms with Crippen molar-refractivity contribution in [3.05, 3.63) is 58.7 Å². The Labute approximate surface area is 95.3 Å². The van der Waals surface area contributed by atoms with Gasteiger partial charge in [-0.2, -0.15) is 0 Å². The van der Waals surface area contributed by atoms with Crippen molar-refractivity contribution in [2.75, 3.05) is 0 Å². The number of aromatic nitrogens is 1. The van der Waals surface area contributed by atoms with Crippen molar-refractivity contribution in [1.82, 2.24) is 4.98 Å². The Balaban J connectivity index is 2.05. The normalized spacial score (nSPS) is 10.7. The summed E-state index contributed by atoms with van der Waals surface area (Å²) >= 11 is 0. The summed E-state index contributed by atoms with van der Waals surface area (Å²) in [5.74, 6) is -0.153. The third kappa shape index (κ3) is 2.32. The van der Waals surface area contributed by atoms with E-state index in [0.717, 1.165) is 18.4 Å². The molecule has 0 radical (unpaired) electrons. The second-order valence-electron chi connectivity index (χ2n) is 4.19. The van der Waals surface area contributed by atoms with Gasteiger partial charge in [-0.15, -0.1) is 0 Å². The smallest absolute Gasteiger partial charge is 0.123 e. The lowest BCUT2D eigenvalue weighted by atomic mass is 10.0. The fraction of sp³-hybridized carbons (Fsp3) is 0.286. The molecular weight excluding hydrogens is 201 g/mol. The molecular formula is C14H16FN. The predicted octanol–water partition coefficient (Wildman–Crippen LogP) is 3.56. The summed E-state index contributed by atoms with van der Waals surface area (Å²) in [6.45, 7) is 4.19. The van der Waals surface area contributed by atoms with Crippen molar-refractivity contribution in [2.45, 2.75) is 26.7 Å². The number of rotatable bonds is 3. The maximum Gasteiger partial charge on any atom is 0.123 e. The quantitative estimate of drug-likeness (QED) is 0.809. The van der Waals surface area contributed by atoms with Gasteiger partial charge in [-0.3, -0.25) is 0 Å². The molecule has 0 atom stereocenters. The van der Waals surface area contributed by atoms with Gasteiger partial charge in [0.25, 0.3) is 0 Å². The van der Waals surface area contributed by atoms with Crippen molar-refractivity contribution in [1.29, 1.82) is 0 Å². The van der Waals surface area contributed by atoms with E-state index in [9.17, 15) is 4.39 Å². The predicted molar refractivity (Wildman–Crippen MR) is 64.1 cm³/mol. The number of nitrogens with one attached hydrogen (secondary N) is 1. The molecule has 0 aliphatic heterocycles. The standard InChI is InChI=1S/C14H16FN/c1-10-11(2)16-9-13(10)7-6-12-4-3-5-14(15)8-12/h3-5,8-9,16H,6-7H2,1-2H3. The molecule has 2 aromatic rings. The van der Waals surface area contributed by atoms with E-state index in [2.05, 4.69) is 18.8 Å². The molecule has 16 heavy (non-hydrogen) atoms. The Bertz CT molecular complexity index is 485. The van der Waals surface area contributed by atoms with Gasteiger partial charge >= 0.3 is 0 Å². The van der Waals surface area contributed by atoms with Crippen LogP contribution in [-0.2, 0) is 12.8 Å². The minimum absolute atomic E-state index is 0.153. The molecule has 0 spiro atoms. The third-order valence-electron chi connectivity index (χ3n) is 3.08. The Morgan fingerprint density at radius 2 is 2.00 bits per heavy atom. The van der Waals surface area contributed by atoms with E-state index in [4.69, 9.17) is 0 Å². The number of H-pyrrole nitrogens is 1. The summed E-state index contributed by atoms with van der Waals surface area (Å²) in [5.41, 5.74) is 4.91. The highest BCUT2D eigenvalue weighted by Gasteiger charge is 2.03. The van der Waals surface area contributed by atoms with Crippen LogP contribution in [0.5, 0.6) is 0 Å². The van der Waals surface area contributed by atoms with Crippen LogP contribution in [0.3, 0.4) is 0 Å². The topological polar surface area (TPSA) is 15.8 Å². The maximum atomic E-state index is 13.0. The molecule has 1 nitrogen and oxygen atoms in total. The summed E-state index contributed by atoms with van der Waals surface area (Å²) in [6, 6.07) is 6.82. The molecule has 0 fully saturated rings. The molecule has 84 valence electrons. The summed E-state index contributed by atoms with van der Waals surface area (Å²) in [4.78, 5) is 3.21. The lowest BCUT2D eigenvalue weighted by molar-refractivity contribution is 0.625. The summed E-state index contributed by atoms with van der Waals surface area (Å²) in [5, 5.41) is 0. The van der Waals surface area contributed by atoms with Crippen molar-refractivity contribution in [3.8, 4) is 0 Å². The Hall–Kier alpha value is -1.57. The second-order valence-corrected chi connectivity index (χ2v) is 4.19. The van der Waals surface area contributed by atoms with E-state index in [1.54, 1.807) is 12.1 Å². The first-order valence-corrected chi connectivity index (χ1v) is 5.54. The first-order chi connectivity index (χ1) is 7.66. The van der Waals surface area contributed by atoms with E-state index in [0.29, 0.717) is 0 Å². The van der Waals surface area contributed by atoms with E-state index < -0.39 is 0 Å². The molecule has 1 aromatic heterocycles. The number of aryl methyl sites for hydroxylation is 3. The highest BCUT2D eigenvalue weighted by atomic mass is 19.1. The molecule has 2 heteroatoms. The Kier molecular flexibility index (Phi) is 3.09. The van der Waals surface area contributed by atoms with Crippen LogP contribution in [0.25, 0.3) is 0 Å². The largest absolute Gasteiger partial charge is 0.365 e. The summed E-state index contributed by atoms with van der Waals surface area (Å²) in [7, 11) is 0. The van der Waals surface area contributed by atoms with E-state index >= 15 is 0 Å². The van der Waals surface area contributed by atoms with Gasteiger partial charge in [-0.05, 0) is 55.5 Å². The molecule has 1 aromatic carbocycles. The van der Waals surface area contributed by atoms with Gasteiger partial charge in [0.1, 0.15) is 5.82 Å². The van der Waals surface area contributed by atoms with Crippen molar-refractivity contribution < 1.29 is 4.39 Å². The van der Waals surface area contributed by atoms with Crippen LogP contribution in [-0.4, -0.2) is 4.98 Å². The van der Waals surface area contributed by atoms with Crippen LogP contribution in [0.2, 0.25) is 0 Å². The molecule has 0 bridgehead atoms. The van der Waals surface area contributed by atoms with Crippen molar-refractivity contribution >= 4 is 0 Å². The molecule has 1 heterocycles. The Morgan fingerprint density at radius 1 is 1.19 bits per heavy atom. The average molecular weight is 217 g/mol. The number of benzene rings is 1. The van der Waals surface area contributed by atoms with Crippen LogP contribution in [0, 0.1) is 19.7 Å². The molecule has 0 unspecified atom stereocenters. The average Bonchev–Trinajstić information content (AvgIpc) is 2.57. The monoisotopic (exact) mass is 217 g/mol. The van der Waals surface area contributed by atoms with E-state index in [1.807, 2.05) is 12.3 Å². The molecule has 0 aliphatic carbocycles. The summed E-state index contributed by atoms with van der Waals surface area (Å²) < 4.78 is 13.0. The van der Waals surface area contributed by atoms with Crippen LogP contribution < -0.4 is 0 Å². The van der Waals surface area contributed by atoms with E-state index in [1.165, 1.54) is 22.9 Å². The number of hydrogen-bond acceptors (Lipinski definition) is 0. The van der Waals surface area contributed by atoms with Crippen LogP contribution in [0.15, 0.2) is 30.5 Å². The molecule has 2 rings (SSSR count). The van der Waals surface area contributed by atoms with Gasteiger partial charge < -0.3 is 4.98 Å². The zero-order chi connectivity index (χ0) is 11.5. The van der Waals surface area contributed by atoms with Crippen molar-refractivity contribution in [2.24, 2.45) is 0 Å². The van der Waals surface area contributed by atoms with Gasteiger partial charge in [0.05, 0.1) is 0 Å². The van der Waals surface area contributed by atoms with Gasteiger partial charge in [0, 0.05) is 11.9 Å². The minimum Gasteiger partial charge on any atom is -0.365 e. The van der Waals surface area contributed by atoms with Gasteiger partial charge in [0.15, 0.2) is 0 Å². The number of hydrogen-bond donors (Lipinski definition) is 1. The van der Waals surface area contributed by atoms with Gasteiger partial charge in [-0.25, -0.2) is 4.39 Å². The molecule has 1 N–H and O–H groups in total. The summed E-state index contributed by atoms with van der Waals surface area (Å²) in [6.07, 6.45) is 3.89. The Morgan fingerprint density at radius 3 is 2.62 bits per heavy atom. The van der Waals surface area contributed by atoms with Crippen LogP contribution in [0.4, 0.5) is 4.39 Å². The van der Waals surface area contributed by atoms with Gasteiger partial charge in [0.2, 0.25) is 0 Å². The minimum atomic E-state index is -0.153. The molecule has 0 amide bonds. The second kappa shape index (κ2) is 4.52. The van der Waals surface area contributed by atoms with Gasteiger partial charge in [-0.1, -0.05) is 12.1 Å². The molecule has 0 aliphatic rings. The lowest BCUT2D eigenvalue weighted by Gasteiger charge is -2.02. The van der Waals surface area contributed by atoms with Crippen LogP contribution >= 0.6 is 0 Å². The fourth-order valence-electron chi connectivity index (χ4n) is 1.88. The fourth-order valence-corrected chi connectivity index (χ4v) is 1.88. The number of aromatic amines is 1. The molecule has 0 saturated carbocycles. The van der Waals surface area contributed by atoms with E-state index in [-0.39, 0.29) is 5.82 Å². The first kappa shape index (κ1) is 10.9. The maximum absolute atomic E-state index is 13.0. The highest BCUT2D eigenvalue weighted by molar-refractivity contribution is 5.29. The van der Waals surface area contributed by atoms with Crippen LogP contribution in [0.1, 0.15) is 22.4 Å². The third-order valence-corrected chi connectivity index (χ3v) is 3.08. The first-order valence-electron chi connectivity index (χ1n) is 5.54. The highest BCUT2D eigenvalue weighted by Crippen LogP contribution is 2.15. The zero-order valence-corrected chi connectivity index (χ0v) is 9.68. The lowest BCUT2D eigenvalue weighted by Crippen LogP contribution is -1.92.